The smallest absolute Gasteiger partial charge is 0.243 e. The normalized spacial score (nSPS) is 26.6. The zero-order valence-electron chi connectivity index (χ0n) is 10.5. The lowest BCUT2D eigenvalue weighted by Gasteiger charge is -2.36. The maximum absolute atomic E-state index is 11.7. The van der Waals surface area contributed by atoms with E-state index in [9.17, 15) is 4.79 Å². The number of rotatable bonds is 1. The Kier molecular flexibility index (Phi) is 3.22. The van der Waals surface area contributed by atoms with Crippen molar-refractivity contribution < 1.29 is 6.22 Å². The molecule has 1 atom stereocenters. The molecule has 2 aliphatic rings. The van der Waals surface area contributed by atoms with Crippen LogP contribution in [0.4, 0.5) is 0 Å². The van der Waals surface area contributed by atoms with Crippen molar-refractivity contribution in [3.63, 3.8) is 0 Å². The van der Waals surface area contributed by atoms with Crippen LogP contribution in [0.2, 0.25) is 0 Å². The fourth-order valence-corrected chi connectivity index (χ4v) is 2.79. The minimum atomic E-state index is 0. The van der Waals surface area contributed by atoms with Crippen LogP contribution in [0.3, 0.4) is 0 Å². The molecule has 1 fully saturated rings. The fourth-order valence-electron chi connectivity index (χ4n) is 2.79. The maximum atomic E-state index is 11.7. The van der Waals surface area contributed by atoms with Gasteiger partial charge in [0.05, 0.1) is 6.54 Å². The van der Waals surface area contributed by atoms with Gasteiger partial charge in [-0.2, -0.15) is 0 Å². The Morgan fingerprint density at radius 3 is 2.88 bits per heavy atom. The van der Waals surface area contributed by atoms with Crippen LogP contribution < -0.4 is 5.32 Å². The molecule has 2 heterocycles. The first-order valence-electron chi connectivity index (χ1n) is 6.38. The van der Waals surface area contributed by atoms with Crippen LogP contribution in [-0.4, -0.2) is 23.9 Å². The average molecular weight is 224 g/mol. The number of allylic oxidation sites excluding steroid dienone is 2. The minimum Gasteiger partial charge on any atom is -0.364 e. The van der Waals surface area contributed by atoms with Crippen LogP contribution in [0.25, 0.3) is 0 Å². The van der Waals surface area contributed by atoms with Crippen molar-refractivity contribution in [1.29, 1.82) is 0 Å². The van der Waals surface area contributed by atoms with E-state index in [0.717, 1.165) is 12.2 Å². The third-order valence-corrected chi connectivity index (χ3v) is 3.58. The highest BCUT2D eigenvalue weighted by atomic mass is 16.2. The predicted molar refractivity (Wildman–Crippen MR) is 66.7 cm³/mol. The molecule has 3 nitrogen and oxygen atoms in total. The number of hydrogen-bond donors (Lipinski definition) is 1. The molecule has 0 aromatic rings. The summed E-state index contributed by atoms with van der Waals surface area (Å²) in [6.07, 6.45) is 3.74. The highest BCUT2D eigenvalue weighted by molar-refractivity contribution is 5.81. The SMILES string of the molecule is CC(C)C1=C2C(C)CCCCN2CC(=O)N1.[HH]. The lowest BCUT2D eigenvalue weighted by molar-refractivity contribution is -0.122. The summed E-state index contributed by atoms with van der Waals surface area (Å²) < 4.78 is 0. The Labute approximate surface area is 99.4 Å². The second-order valence-corrected chi connectivity index (χ2v) is 5.32. The molecule has 1 N–H and O–H groups in total. The number of hydrogen-bond acceptors (Lipinski definition) is 2. The molecule has 0 aliphatic carbocycles. The van der Waals surface area contributed by atoms with Crippen LogP contribution >= 0.6 is 0 Å². The molecule has 0 aromatic carbocycles. The molecular weight excluding hydrogens is 200 g/mol. The molecule has 1 amide bonds. The number of carbonyl (C=O) groups is 1. The van der Waals surface area contributed by atoms with Gasteiger partial charge in [-0.25, -0.2) is 0 Å². The first-order chi connectivity index (χ1) is 7.59. The largest absolute Gasteiger partial charge is 0.364 e. The Morgan fingerprint density at radius 1 is 1.44 bits per heavy atom. The lowest BCUT2D eigenvalue weighted by Crippen LogP contribution is -2.45. The first kappa shape index (κ1) is 11.5. The van der Waals surface area contributed by atoms with E-state index in [1.54, 1.807) is 0 Å². The van der Waals surface area contributed by atoms with Crippen molar-refractivity contribution in [2.45, 2.75) is 40.0 Å². The summed E-state index contributed by atoms with van der Waals surface area (Å²) >= 11 is 0. The molecule has 0 saturated carbocycles. The van der Waals surface area contributed by atoms with Gasteiger partial charge in [0, 0.05) is 19.4 Å². The number of carbonyl (C=O) groups excluding carboxylic acids is 1. The summed E-state index contributed by atoms with van der Waals surface area (Å²) in [6.45, 7) is 8.19. The van der Waals surface area contributed by atoms with Crippen molar-refractivity contribution >= 4 is 5.91 Å². The van der Waals surface area contributed by atoms with Gasteiger partial charge in [-0.1, -0.05) is 27.2 Å². The van der Waals surface area contributed by atoms with Gasteiger partial charge in [-0.3, -0.25) is 4.79 Å². The van der Waals surface area contributed by atoms with Gasteiger partial charge in [-0.15, -0.1) is 0 Å². The molecule has 1 unspecified atom stereocenters. The van der Waals surface area contributed by atoms with Crippen molar-refractivity contribution in [2.75, 3.05) is 13.1 Å². The van der Waals surface area contributed by atoms with E-state index in [1.807, 2.05) is 0 Å². The monoisotopic (exact) mass is 224 g/mol. The quantitative estimate of drug-likeness (QED) is 0.741. The van der Waals surface area contributed by atoms with E-state index in [-0.39, 0.29) is 7.33 Å². The summed E-state index contributed by atoms with van der Waals surface area (Å²) in [6, 6.07) is 0. The summed E-state index contributed by atoms with van der Waals surface area (Å²) in [4.78, 5) is 14.0. The van der Waals surface area contributed by atoms with E-state index in [4.69, 9.17) is 0 Å². The summed E-state index contributed by atoms with van der Waals surface area (Å²) in [5.41, 5.74) is 2.55. The number of nitrogens with zero attached hydrogens (tertiary/aromatic N) is 1. The molecule has 16 heavy (non-hydrogen) atoms. The molecule has 2 rings (SSSR count). The van der Waals surface area contributed by atoms with Gasteiger partial charge in [0.2, 0.25) is 5.91 Å². The standard InChI is InChI=1S/C13H22N2O.H2/c1-9(2)12-13-10(3)6-4-5-7-15(13)8-11(16)14-12;/h9-10H,4-8H2,1-3H3,(H,14,16);1H. The van der Waals surface area contributed by atoms with Crippen molar-refractivity contribution in [3.05, 3.63) is 11.4 Å². The number of amides is 1. The van der Waals surface area contributed by atoms with Gasteiger partial charge in [0.1, 0.15) is 0 Å². The molecule has 92 valence electrons. The van der Waals surface area contributed by atoms with E-state index in [2.05, 4.69) is 31.0 Å². The lowest BCUT2D eigenvalue weighted by atomic mass is 9.95. The van der Waals surface area contributed by atoms with Gasteiger partial charge >= 0.3 is 0 Å². The fraction of sp³-hybridized carbons (Fsp3) is 0.769. The second kappa shape index (κ2) is 4.48. The zero-order valence-corrected chi connectivity index (χ0v) is 10.5. The Morgan fingerprint density at radius 2 is 2.19 bits per heavy atom. The first-order valence-corrected chi connectivity index (χ1v) is 6.38. The number of nitrogens with one attached hydrogen (secondary N) is 1. The third-order valence-electron chi connectivity index (χ3n) is 3.58. The molecular formula is C13H24N2O. The molecule has 0 spiro atoms. The highest BCUT2D eigenvalue weighted by Crippen LogP contribution is 2.31. The number of fused-ring (bicyclic) bond motifs is 1. The third kappa shape index (κ3) is 2.08. The van der Waals surface area contributed by atoms with Crippen molar-refractivity contribution in [1.82, 2.24) is 10.2 Å². The van der Waals surface area contributed by atoms with Crippen LogP contribution in [0, 0.1) is 11.8 Å². The van der Waals surface area contributed by atoms with Crippen molar-refractivity contribution in [2.24, 2.45) is 11.8 Å². The van der Waals surface area contributed by atoms with E-state index >= 15 is 0 Å². The minimum absolute atomic E-state index is 0. The summed E-state index contributed by atoms with van der Waals surface area (Å²) in [7, 11) is 0. The summed E-state index contributed by atoms with van der Waals surface area (Å²) in [5.74, 6) is 1.14. The zero-order chi connectivity index (χ0) is 11.7. The van der Waals surface area contributed by atoms with Crippen LogP contribution in [-0.2, 0) is 4.79 Å². The van der Waals surface area contributed by atoms with Crippen molar-refractivity contribution in [3.8, 4) is 0 Å². The molecule has 3 heteroatoms. The predicted octanol–water partition coefficient (Wildman–Crippen LogP) is 2.35. The Bertz CT molecular complexity index is 325. The highest BCUT2D eigenvalue weighted by Gasteiger charge is 2.30. The maximum Gasteiger partial charge on any atom is 0.243 e. The molecule has 0 bridgehead atoms. The molecule has 0 aromatic heterocycles. The van der Waals surface area contributed by atoms with Gasteiger partial charge in [-0.05, 0) is 24.7 Å². The second-order valence-electron chi connectivity index (χ2n) is 5.32. The van der Waals surface area contributed by atoms with Gasteiger partial charge in [0.15, 0.2) is 0 Å². The molecule has 1 saturated heterocycles. The molecule has 0 radical (unpaired) electrons. The average Bonchev–Trinajstić information content (AvgIpc) is 2.39. The van der Waals surface area contributed by atoms with Crippen LogP contribution in [0.1, 0.15) is 41.5 Å². The topological polar surface area (TPSA) is 32.3 Å². The van der Waals surface area contributed by atoms with Gasteiger partial charge in [0.25, 0.3) is 0 Å². The van der Waals surface area contributed by atoms with Crippen LogP contribution in [0.5, 0.6) is 0 Å². The Hall–Kier alpha value is -0.990. The van der Waals surface area contributed by atoms with E-state index < -0.39 is 0 Å². The van der Waals surface area contributed by atoms with Crippen LogP contribution in [0.15, 0.2) is 11.4 Å². The van der Waals surface area contributed by atoms with E-state index in [1.165, 1.54) is 25.0 Å². The van der Waals surface area contributed by atoms with E-state index in [0.29, 0.717) is 18.4 Å². The van der Waals surface area contributed by atoms with Gasteiger partial charge < -0.3 is 10.2 Å². The summed E-state index contributed by atoms with van der Waals surface area (Å²) in [5, 5.41) is 3.07. The molecule has 2 aliphatic heterocycles. The Balaban J connectivity index is 0.00000144.